The summed E-state index contributed by atoms with van der Waals surface area (Å²) in [6.45, 7) is 1.37. The smallest absolute Gasteiger partial charge is 0.339 e. The second-order valence-electron chi connectivity index (χ2n) is 5.92. The molecule has 20 heavy (non-hydrogen) atoms. The van der Waals surface area contributed by atoms with Gasteiger partial charge in [0.25, 0.3) is 0 Å². The lowest BCUT2D eigenvalue weighted by Gasteiger charge is -2.47. The fraction of sp³-hybridized carbons (Fsp3) is 0.600. The number of aromatic nitrogens is 1. The first-order chi connectivity index (χ1) is 9.60. The topological polar surface area (TPSA) is 73.7 Å². The summed E-state index contributed by atoms with van der Waals surface area (Å²) < 4.78 is 0. The van der Waals surface area contributed by atoms with E-state index in [4.69, 9.17) is 0 Å². The molecule has 2 unspecified atom stereocenters. The fourth-order valence-corrected chi connectivity index (χ4v) is 3.58. The van der Waals surface area contributed by atoms with Crippen LogP contribution in [0.5, 0.6) is 0 Å². The van der Waals surface area contributed by atoms with Crippen molar-refractivity contribution in [2.24, 2.45) is 5.92 Å². The van der Waals surface area contributed by atoms with Gasteiger partial charge in [-0.15, -0.1) is 0 Å². The number of anilines is 1. The Morgan fingerprint density at radius 2 is 2.25 bits per heavy atom. The molecule has 2 fully saturated rings. The summed E-state index contributed by atoms with van der Waals surface area (Å²) in [7, 11) is 0. The Bertz CT molecular complexity index is 520. The molecule has 1 saturated heterocycles. The van der Waals surface area contributed by atoms with Gasteiger partial charge in [-0.3, -0.25) is 0 Å². The Morgan fingerprint density at radius 3 is 3.05 bits per heavy atom. The number of pyridine rings is 1. The van der Waals surface area contributed by atoms with Crippen molar-refractivity contribution in [1.82, 2.24) is 4.98 Å². The van der Waals surface area contributed by atoms with Crippen LogP contribution in [0.15, 0.2) is 18.3 Å². The molecular weight excluding hydrogens is 256 g/mol. The van der Waals surface area contributed by atoms with Gasteiger partial charge in [-0.05, 0) is 31.4 Å². The Balaban J connectivity index is 1.85. The number of carbonyl (C=O) groups is 1. The molecule has 2 heterocycles. The second kappa shape index (κ2) is 5.05. The zero-order valence-electron chi connectivity index (χ0n) is 11.5. The third-order valence-corrected chi connectivity index (χ3v) is 4.74. The van der Waals surface area contributed by atoms with E-state index in [-0.39, 0.29) is 11.5 Å². The maximum atomic E-state index is 11.3. The van der Waals surface area contributed by atoms with E-state index in [9.17, 15) is 15.0 Å². The standard InChI is InChI=1S/C15H20N2O3/c18-14(19)12-5-3-8-16-13(12)17-9-7-15(20)6-2-1-4-11(15)10-17/h3,5,8,11,20H,1-2,4,6-7,9-10H2,(H,18,19). The van der Waals surface area contributed by atoms with Gasteiger partial charge >= 0.3 is 5.97 Å². The van der Waals surface area contributed by atoms with E-state index in [1.54, 1.807) is 18.3 Å². The number of aliphatic hydroxyl groups is 1. The van der Waals surface area contributed by atoms with Crippen molar-refractivity contribution in [1.29, 1.82) is 0 Å². The number of aromatic carboxylic acids is 1. The molecule has 1 saturated carbocycles. The zero-order chi connectivity index (χ0) is 14.2. The van der Waals surface area contributed by atoms with Crippen LogP contribution >= 0.6 is 0 Å². The number of hydrogen-bond acceptors (Lipinski definition) is 4. The lowest BCUT2D eigenvalue weighted by Crippen LogP contribution is -2.53. The largest absolute Gasteiger partial charge is 0.478 e. The average molecular weight is 276 g/mol. The molecular formula is C15H20N2O3. The van der Waals surface area contributed by atoms with E-state index in [1.807, 2.05) is 4.90 Å². The SMILES string of the molecule is O=C(O)c1cccnc1N1CCC2(O)CCCCC2C1. The first kappa shape index (κ1) is 13.4. The van der Waals surface area contributed by atoms with E-state index in [0.717, 1.165) is 25.7 Å². The van der Waals surface area contributed by atoms with Gasteiger partial charge in [-0.2, -0.15) is 0 Å². The number of carboxylic acids is 1. The van der Waals surface area contributed by atoms with Crippen LogP contribution in [0, 0.1) is 5.92 Å². The molecule has 0 radical (unpaired) electrons. The molecule has 5 heteroatoms. The zero-order valence-corrected chi connectivity index (χ0v) is 11.5. The van der Waals surface area contributed by atoms with E-state index in [0.29, 0.717) is 25.3 Å². The highest BCUT2D eigenvalue weighted by Gasteiger charge is 2.43. The Labute approximate surface area is 118 Å². The van der Waals surface area contributed by atoms with Crippen molar-refractivity contribution in [3.63, 3.8) is 0 Å². The summed E-state index contributed by atoms with van der Waals surface area (Å²) in [5.74, 6) is -0.182. The molecule has 0 amide bonds. The van der Waals surface area contributed by atoms with Gasteiger partial charge in [0.05, 0.1) is 5.60 Å². The minimum absolute atomic E-state index is 0.230. The van der Waals surface area contributed by atoms with Crippen LogP contribution in [-0.4, -0.2) is 39.9 Å². The molecule has 3 rings (SSSR count). The highest BCUT2D eigenvalue weighted by molar-refractivity contribution is 5.93. The number of fused-ring (bicyclic) bond motifs is 1. The van der Waals surface area contributed by atoms with E-state index in [2.05, 4.69) is 4.98 Å². The van der Waals surface area contributed by atoms with Crippen molar-refractivity contribution >= 4 is 11.8 Å². The predicted molar refractivity (Wildman–Crippen MR) is 74.9 cm³/mol. The molecule has 5 nitrogen and oxygen atoms in total. The first-order valence-corrected chi connectivity index (χ1v) is 7.26. The highest BCUT2D eigenvalue weighted by Crippen LogP contribution is 2.40. The van der Waals surface area contributed by atoms with E-state index < -0.39 is 11.6 Å². The van der Waals surface area contributed by atoms with Crippen LogP contribution in [0.2, 0.25) is 0 Å². The summed E-state index contributed by atoms with van der Waals surface area (Å²) >= 11 is 0. The van der Waals surface area contributed by atoms with Crippen molar-refractivity contribution < 1.29 is 15.0 Å². The van der Waals surface area contributed by atoms with Crippen molar-refractivity contribution in [3.8, 4) is 0 Å². The lowest BCUT2D eigenvalue weighted by atomic mass is 9.71. The van der Waals surface area contributed by atoms with Crippen LogP contribution in [0.1, 0.15) is 42.5 Å². The normalized spacial score (nSPS) is 29.9. The Hall–Kier alpha value is -1.62. The van der Waals surface area contributed by atoms with Gasteiger partial charge in [0.1, 0.15) is 11.4 Å². The molecule has 0 spiro atoms. The highest BCUT2D eigenvalue weighted by atomic mass is 16.4. The summed E-state index contributed by atoms with van der Waals surface area (Å²) in [6, 6.07) is 3.24. The number of nitrogens with zero attached hydrogens (tertiary/aromatic N) is 2. The first-order valence-electron chi connectivity index (χ1n) is 7.26. The van der Waals surface area contributed by atoms with E-state index >= 15 is 0 Å². The summed E-state index contributed by atoms with van der Waals surface area (Å²) in [5, 5.41) is 19.9. The molecule has 1 aromatic heterocycles. The van der Waals surface area contributed by atoms with Crippen molar-refractivity contribution in [2.45, 2.75) is 37.7 Å². The van der Waals surface area contributed by atoms with Gasteiger partial charge in [0, 0.05) is 25.2 Å². The summed E-state index contributed by atoms with van der Waals surface area (Å²) in [4.78, 5) is 17.6. The molecule has 1 aliphatic heterocycles. The number of carboxylic acid groups (broad SMARTS) is 1. The lowest BCUT2D eigenvalue weighted by molar-refractivity contribution is -0.0613. The molecule has 0 bridgehead atoms. The van der Waals surface area contributed by atoms with Gasteiger partial charge < -0.3 is 15.1 Å². The maximum Gasteiger partial charge on any atom is 0.339 e. The molecule has 2 N–H and O–H groups in total. The third kappa shape index (κ3) is 2.26. The van der Waals surface area contributed by atoms with Crippen molar-refractivity contribution in [2.75, 3.05) is 18.0 Å². The van der Waals surface area contributed by atoms with Crippen LogP contribution in [0.25, 0.3) is 0 Å². The van der Waals surface area contributed by atoms with E-state index in [1.165, 1.54) is 0 Å². The number of piperidine rings is 1. The van der Waals surface area contributed by atoms with Gasteiger partial charge in [-0.1, -0.05) is 12.8 Å². The molecule has 0 aromatic carbocycles. The van der Waals surface area contributed by atoms with Crippen LogP contribution in [0.3, 0.4) is 0 Å². The molecule has 2 aliphatic rings. The minimum atomic E-state index is -0.947. The number of hydrogen-bond donors (Lipinski definition) is 2. The number of rotatable bonds is 2. The summed E-state index contributed by atoms with van der Waals surface area (Å²) in [6.07, 6.45) is 6.46. The van der Waals surface area contributed by atoms with Gasteiger partial charge in [0.15, 0.2) is 0 Å². The monoisotopic (exact) mass is 276 g/mol. The van der Waals surface area contributed by atoms with Gasteiger partial charge in [0.2, 0.25) is 0 Å². The maximum absolute atomic E-state index is 11.3. The minimum Gasteiger partial charge on any atom is -0.478 e. The van der Waals surface area contributed by atoms with Crippen LogP contribution in [-0.2, 0) is 0 Å². The molecule has 1 aromatic rings. The summed E-state index contributed by atoms with van der Waals surface area (Å²) in [5.41, 5.74) is -0.304. The Morgan fingerprint density at radius 1 is 1.40 bits per heavy atom. The molecule has 1 aliphatic carbocycles. The van der Waals surface area contributed by atoms with Crippen LogP contribution in [0.4, 0.5) is 5.82 Å². The average Bonchev–Trinajstić information content (AvgIpc) is 2.46. The predicted octanol–water partition coefficient (Wildman–Crippen LogP) is 1.91. The molecule has 108 valence electrons. The third-order valence-electron chi connectivity index (χ3n) is 4.74. The van der Waals surface area contributed by atoms with Gasteiger partial charge in [-0.25, -0.2) is 9.78 Å². The van der Waals surface area contributed by atoms with Crippen molar-refractivity contribution in [3.05, 3.63) is 23.9 Å². The quantitative estimate of drug-likeness (QED) is 0.863. The fourth-order valence-electron chi connectivity index (χ4n) is 3.58. The molecule has 2 atom stereocenters. The van der Waals surface area contributed by atoms with Crippen LogP contribution < -0.4 is 4.90 Å². The Kier molecular flexibility index (Phi) is 3.38. The second-order valence-corrected chi connectivity index (χ2v) is 5.92.